The first-order valence-corrected chi connectivity index (χ1v) is 8.48. The Morgan fingerprint density at radius 2 is 1.90 bits per heavy atom. The molecule has 2 rings (SSSR count). The molecule has 0 aromatic heterocycles. The summed E-state index contributed by atoms with van der Waals surface area (Å²) in [7, 11) is 1.71. The smallest absolute Gasteiger partial charge is 0.122 e. The number of rotatable bonds is 5. The van der Waals surface area contributed by atoms with Crippen molar-refractivity contribution in [1.29, 1.82) is 0 Å². The van der Waals surface area contributed by atoms with E-state index in [1.165, 1.54) is 11.1 Å². The molecule has 0 radical (unpaired) electrons. The minimum Gasteiger partial charge on any atom is -0.496 e. The molecule has 112 valence electrons. The fraction of sp³-hybridized carbons (Fsp3) is 0.294. The molecule has 0 aliphatic carbocycles. The van der Waals surface area contributed by atoms with E-state index in [9.17, 15) is 0 Å². The molecule has 0 amide bonds. The fourth-order valence-electron chi connectivity index (χ4n) is 2.36. The van der Waals surface area contributed by atoms with Crippen LogP contribution >= 0.6 is 31.9 Å². The highest BCUT2D eigenvalue weighted by Gasteiger charge is 2.17. The van der Waals surface area contributed by atoms with Gasteiger partial charge in [0.15, 0.2) is 0 Å². The van der Waals surface area contributed by atoms with Gasteiger partial charge in [-0.05, 0) is 54.4 Å². The van der Waals surface area contributed by atoms with E-state index in [2.05, 4.69) is 81.4 Å². The Labute approximate surface area is 143 Å². The molecule has 4 heteroatoms. The van der Waals surface area contributed by atoms with Crippen molar-refractivity contribution in [2.75, 3.05) is 13.7 Å². The number of benzene rings is 2. The lowest BCUT2D eigenvalue weighted by Crippen LogP contribution is -2.22. The highest BCUT2D eigenvalue weighted by molar-refractivity contribution is 9.11. The van der Waals surface area contributed by atoms with Crippen LogP contribution in [0.15, 0.2) is 45.3 Å². The minimum absolute atomic E-state index is 0.122. The number of ether oxygens (including phenoxy) is 1. The van der Waals surface area contributed by atoms with Crippen molar-refractivity contribution in [3.05, 3.63) is 62.0 Å². The first kappa shape index (κ1) is 16.5. The zero-order chi connectivity index (χ0) is 15.4. The zero-order valence-corrected chi connectivity index (χ0v) is 15.6. The average Bonchev–Trinajstić information content (AvgIpc) is 2.48. The summed E-state index contributed by atoms with van der Waals surface area (Å²) in [5.74, 6) is 0.918. The molecular weight excluding hydrogens is 394 g/mol. The lowest BCUT2D eigenvalue weighted by molar-refractivity contribution is 0.410. The lowest BCUT2D eigenvalue weighted by Gasteiger charge is -2.21. The third-order valence-corrected chi connectivity index (χ3v) is 4.66. The van der Waals surface area contributed by atoms with Gasteiger partial charge >= 0.3 is 0 Å². The Morgan fingerprint density at radius 3 is 2.57 bits per heavy atom. The summed E-state index contributed by atoms with van der Waals surface area (Å²) in [5.41, 5.74) is 3.54. The van der Waals surface area contributed by atoms with Gasteiger partial charge in [-0.25, -0.2) is 0 Å². The standard InChI is InChI=1S/C17H19Br2NO/c1-4-20-17(14-10-13(18)7-8-15(14)19)12-6-5-11(2)16(9-12)21-3/h5-10,17,20H,4H2,1-3H3. The number of halogens is 2. The van der Waals surface area contributed by atoms with Crippen LogP contribution in [0.3, 0.4) is 0 Å². The van der Waals surface area contributed by atoms with Gasteiger partial charge in [-0.1, -0.05) is 50.9 Å². The van der Waals surface area contributed by atoms with Gasteiger partial charge in [0, 0.05) is 8.95 Å². The summed E-state index contributed by atoms with van der Waals surface area (Å²) in [6, 6.07) is 12.7. The minimum atomic E-state index is 0.122. The second-order valence-corrected chi connectivity index (χ2v) is 6.66. The van der Waals surface area contributed by atoms with Crippen molar-refractivity contribution in [2.24, 2.45) is 0 Å². The molecule has 2 aromatic rings. The van der Waals surface area contributed by atoms with Crippen LogP contribution in [-0.4, -0.2) is 13.7 Å². The van der Waals surface area contributed by atoms with E-state index < -0.39 is 0 Å². The molecule has 0 spiro atoms. The Hall–Kier alpha value is -0.840. The molecule has 0 fully saturated rings. The average molecular weight is 413 g/mol. The van der Waals surface area contributed by atoms with E-state index in [1.54, 1.807) is 7.11 Å². The molecule has 0 saturated heterocycles. The van der Waals surface area contributed by atoms with Crippen LogP contribution in [0.4, 0.5) is 0 Å². The van der Waals surface area contributed by atoms with Gasteiger partial charge in [0.2, 0.25) is 0 Å². The number of hydrogen-bond acceptors (Lipinski definition) is 2. The van der Waals surface area contributed by atoms with Crippen LogP contribution in [0.25, 0.3) is 0 Å². The molecule has 1 atom stereocenters. The summed E-state index contributed by atoms with van der Waals surface area (Å²) < 4.78 is 7.62. The molecular formula is C17H19Br2NO. The largest absolute Gasteiger partial charge is 0.496 e. The predicted octanol–water partition coefficient (Wildman–Crippen LogP) is 5.23. The summed E-state index contributed by atoms with van der Waals surface area (Å²) in [5, 5.41) is 3.55. The van der Waals surface area contributed by atoms with Crippen molar-refractivity contribution in [1.82, 2.24) is 5.32 Å². The van der Waals surface area contributed by atoms with Crippen LogP contribution < -0.4 is 10.1 Å². The topological polar surface area (TPSA) is 21.3 Å². The van der Waals surface area contributed by atoms with E-state index in [0.29, 0.717) is 0 Å². The predicted molar refractivity (Wildman–Crippen MR) is 95.1 cm³/mol. The monoisotopic (exact) mass is 411 g/mol. The van der Waals surface area contributed by atoms with E-state index >= 15 is 0 Å². The number of aryl methyl sites for hydroxylation is 1. The second kappa shape index (κ2) is 7.43. The molecule has 1 N–H and O–H groups in total. The molecule has 0 aliphatic rings. The first-order valence-electron chi connectivity index (χ1n) is 6.89. The highest BCUT2D eigenvalue weighted by Crippen LogP contribution is 2.33. The third-order valence-electron chi connectivity index (χ3n) is 3.44. The highest BCUT2D eigenvalue weighted by atomic mass is 79.9. The van der Waals surface area contributed by atoms with Gasteiger partial charge in [-0.2, -0.15) is 0 Å². The molecule has 0 heterocycles. The maximum absolute atomic E-state index is 5.46. The first-order chi connectivity index (χ1) is 10.1. The zero-order valence-electron chi connectivity index (χ0n) is 12.4. The van der Waals surface area contributed by atoms with Crippen LogP contribution in [0.1, 0.15) is 29.7 Å². The normalized spacial score (nSPS) is 12.2. The summed E-state index contributed by atoms with van der Waals surface area (Å²) in [4.78, 5) is 0. The fourth-order valence-corrected chi connectivity index (χ4v) is 3.22. The van der Waals surface area contributed by atoms with Crippen molar-refractivity contribution in [3.63, 3.8) is 0 Å². The SMILES string of the molecule is CCNC(c1ccc(C)c(OC)c1)c1cc(Br)ccc1Br. The van der Waals surface area contributed by atoms with E-state index in [-0.39, 0.29) is 6.04 Å². The second-order valence-electron chi connectivity index (χ2n) is 4.89. The Morgan fingerprint density at radius 1 is 1.14 bits per heavy atom. The Kier molecular flexibility index (Phi) is 5.85. The molecule has 1 unspecified atom stereocenters. The molecule has 21 heavy (non-hydrogen) atoms. The quantitative estimate of drug-likeness (QED) is 0.725. The molecule has 0 saturated carbocycles. The maximum atomic E-state index is 5.46. The number of methoxy groups -OCH3 is 1. The van der Waals surface area contributed by atoms with Gasteiger partial charge in [0.05, 0.1) is 13.2 Å². The van der Waals surface area contributed by atoms with Gasteiger partial charge in [-0.15, -0.1) is 0 Å². The van der Waals surface area contributed by atoms with E-state index in [1.807, 2.05) is 6.07 Å². The van der Waals surface area contributed by atoms with Crippen molar-refractivity contribution < 1.29 is 4.74 Å². The van der Waals surface area contributed by atoms with Crippen LogP contribution in [0.5, 0.6) is 5.75 Å². The third kappa shape index (κ3) is 3.87. The lowest BCUT2D eigenvalue weighted by atomic mass is 9.97. The molecule has 0 bridgehead atoms. The van der Waals surface area contributed by atoms with Crippen LogP contribution in [0, 0.1) is 6.92 Å². The van der Waals surface area contributed by atoms with E-state index in [0.717, 1.165) is 26.8 Å². The van der Waals surface area contributed by atoms with Crippen molar-refractivity contribution in [2.45, 2.75) is 19.9 Å². The van der Waals surface area contributed by atoms with Gasteiger partial charge in [0.25, 0.3) is 0 Å². The summed E-state index contributed by atoms with van der Waals surface area (Å²) in [6.45, 7) is 5.06. The van der Waals surface area contributed by atoms with Crippen molar-refractivity contribution in [3.8, 4) is 5.75 Å². The molecule has 2 aromatic carbocycles. The molecule has 0 aliphatic heterocycles. The number of nitrogens with one attached hydrogen (secondary N) is 1. The number of hydrogen-bond donors (Lipinski definition) is 1. The van der Waals surface area contributed by atoms with Crippen LogP contribution in [0.2, 0.25) is 0 Å². The van der Waals surface area contributed by atoms with Crippen molar-refractivity contribution >= 4 is 31.9 Å². The summed E-state index contributed by atoms with van der Waals surface area (Å²) in [6.07, 6.45) is 0. The van der Waals surface area contributed by atoms with Gasteiger partial charge in [0.1, 0.15) is 5.75 Å². The van der Waals surface area contributed by atoms with Gasteiger partial charge in [-0.3, -0.25) is 0 Å². The maximum Gasteiger partial charge on any atom is 0.122 e. The Bertz CT molecular complexity index is 628. The molecule has 2 nitrogen and oxygen atoms in total. The van der Waals surface area contributed by atoms with Crippen LogP contribution in [-0.2, 0) is 0 Å². The van der Waals surface area contributed by atoms with E-state index in [4.69, 9.17) is 4.74 Å². The Balaban J connectivity index is 2.50. The van der Waals surface area contributed by atoms with Gasteiger partial charge < -0.3 is 10.1 Å². The summed E-state index contributed by atoms with van der Waals surface area (Å²) >= 11 is 7.21.